The van der Waals surface area contributed by atoms with E-state index in [1.54, 1.807) is 17.0 Å². The third-order valence-electron chi connectivity index (χ3n) is 4.18. The van der Waals surface area contributed by atoms with Gasteiger partial charge in [-0.05, 0) is 24.5 Å². The number of carbonyl (C=O) groups excluding carboxylic acids is 1. The van der Waals surface area contributed by atoms with Gasteiger partial charge in [-0.15, -0.1) is 0 Å². The van der Waals surface area contributed by atoms with Gasteiger partial charge in [-0.25, -0.2) is 8.42 Å². The van der Waals surface area contributed by atoms with E-state index >= 15 is 0 Å². The summed E-state index contributed by atoms with van der Waals surface area (Å²) in [6.07, 6.45) is 0.459. The molecule has 1 aromatic carbocycles. The molecule has 1 fully saturated rings. The average molecular weight is 380 g/mol. The average Bonchev–Trinajstić information content (AvgIpc) is 2.96. The third-order valence-corrected chi connectivity index (χ3v) is 5.93. The van der Waals surface area contributed by atoms with Gasteiger partial charge in [0.05, 0.1) is 30.2 Å². The lowest BCUT2D eigenvalue weighted by molar-refractivity contribution is -0.135. The van der Waals surface area contributed by atoms with Gasteiger partial charge in [0.2, 0.25) is 0 Å². The molecule has 2 rings (SSSR count). The highest BCUT2D eigenvalue weighted by atomic mass is 32.2. The minimum Gasteiger partial charge on any atom is -0.493 e. The second-order valence-corrected chi connectivity index (χ2v) is 8.99. The Balaban J connectivity index is 2.09. The van der Waals surface area contributed by atoms with Crippen LogP contribution in [0.25, 0.3) is 0 Å². The van der Waals surface area contributed by atoms with E-state index in [4.69, 9.17) is 14.7 Å². The van der Waals surface area contributed by atoms with E-state index in [1.807, 2.05) is 19.9 Å². The molecule has 1 aliphatic rings. The first kappa shape index (κ1) is 20.0. The van der Waals surface area contributed by atoms with Crippen LogP contribution in [0.3, 0.4) is 0 Å². The van der Waals surface area contributed by atoms with Crippen LogP contribution in [0.1, 0.15) is 25.8 Å². The lowest BCUT2D eigenvalue weighted by Gasteiger charge is -2.30. The zero-order valence-electron chi connectivity index (χ0n) is 15.3. The summed E-state index contributed by atoms with van der Waals surface area (Å²) in [7, 11) is -1.62. The number of amides is 1. The SMILES string of the molecule is COc1cc(C#N)ccc1OCC(=O)N(CC(C)C)[C@@H]1CCS(=O)(=O)C1. The van der Waals surface area contributed by atoms with Gasteiger partial charge in [0.1, 0.15) is 0 Å². The van der Waals surface area contributed by atoms with Crippen LogP contribution in [0.4, 0.5) is 0 Å². The molecule has 1 heterocycles. The molecule has 0 spiro atoms. The number of nitrogens with zero attached hydrogens (tertiary/aromatic N) is 2. The van der Waals surface area contributed by atoms with Crippen molar-refractivity contribution in [1.29, 1.82) is 5.26 Å². The van der Waals surface area contributed by atoms with Gasteiger partial charge in [0.15, 0.2) is 27.9 Å². The van der Waals surface area contributed by atoms with E-state index in [2.05, 4.69) is 0 Å². The van der Waals surface area contributed by atoms with Crippen LogP contribution in [0.5, 0.6) is 11.5 Å². The van der Waals surface area contributed by atoms with Gasteiger partial charge in [-0.2, -0.15) is 5.26 Å². The smallest absolute Gasteiger partial charge is 0.260 e. The number of sulfone groups is 1. The minimum atomic E-state index is -3.08. The lowest BCUT2D eigenvalue weighted by Crippen LogP contribution is -2.45. The first-order valence-corrected chi connectivity index (χ1v) is 10.3. The minimum absolute atomic E-state index is 0.00560. The van der Waals surface area contributed by atoms with E-state index in [0.717, 1.165) is 0 Å². The number of carbonyl (C=O) groups is 1. The molecule has 0 aliphatic carbocycles. The van der Waals surface area contributed by atoms with E-state index < -0.39 is 9.84 Å². The van der Waals surface area contributed by atoms with Crippen LogP contribution in [0, 0.1) is 17.2 Å². The van der Waals surface area contributed by atoms with Gasteiger partial charge in [-0.1, -0.05) is 13.8 Å². The summed E-state index contributed by atoms with van der Waals surface area (Å²) in [5, 5.41) is 8.93. The number of hydrogen-bond acceptors (Lipinski definition) is 6. The fourth-order valence-electron chi connectivity index (χ4n) is 2.95. The Labute approximate surface area is 154 Å². The molecule has 26 heavy (non-hydrogen) atoms. The fraction of sp³-hybridized carbons (Fsp3) is 0.556. The zero-order chi connectivity index (χ0) is 19.3. The van der Waals surface area contributed by atoms with E-state index in [0.29, 0.717) is 30.0 Å². The van der Waals surface area contributed by atoms with Crippen molar-refractivity contribution in [3.8, 4) is 17.6 Å². The first-order chi connectivity index (χ1) is 12.3. The molecule has 0 bridgehead atoms. The number of benzene rings is 1. The van der Waals surface area contributed by atoms with Gasteiger partial charge >= 0.3 is 0 Å². The molecule has 1 aromatic rings. The Morgan fingerprint density at radius 1 is 1.38 bits per heavy atom. The number of nitriles is 1. The van der Waals surface area contributed by atoms with E-state index in [9.17, 15) is 13.2 Å². The van der Waals surface area contributed by atoms with Crippen molar-refractivity contribution >= 4 is 15.7 Å². The summed E-state index contributed by atoms with van der Waals surface area (Å²) in [6.45, 7) is 4.22. The summed E-state index contributed by atoms with van der Waals surface area (Å²) in [6, 6.07) is 6.41. The van der Waals surface area contributed by atoms with Gasteiger partial charge in [-0.3, -0.25) is 4.79 Å². The standard InChI is InChI=1S/C18H24N2O5S/c1-13(2)10-20(15-6-7-26(22,23)12-15)18(21)11-25-16-5-4-14(9-19)8-17(16)24-3/h4-5,8,13,15H,6-7,10-12H2,1-3H3/t15-/m1/s1. The van der Waals surface area contributed by atoms with Crippen molar-refractivity contribution in [2.75, 3.05) is 31.8 Å². The second-order valence-electron chi connectivity index (χ2n) is 6.76. The Morgan fingerprint density at radius 2 is 2.12 bits per heavy atom. The molecular formula is C18H24N2O5S. The molecule has 8 heteroatoms. The molecule has 1 amide bonds. The molecule has 0 N–H and O–H groups in total. The lowest BCUT2D eigenvalue weighted by atomic mass is 10.1. The van der Waals surface area contributed by atoms with E-state index in [1.165, 1.54) is 13.2 Å². The van der Waals surface area contributed by atoms with Gasteiger partial charge in [0.25, 0.3) is 5.91 Å². The highest BCUT2D eigenvalue weighted by Crippen LogP contribution is 2.28. The zero-order valence-corrected chi connectivity index (χ0v) is 16.1. The molecule has 142 valence electrons. The molecular weight excluding hydrogens is 356 g/mol. The maximum atomic E-state index is 12.7. The Bertz CT molecular complexity index is 798. The van der Waals surface area contributed by atoms with Crippen LogP contribution >= 0.6 is 0 Å². The largest absolute Gasteiger partial charge is 0.493 e. The summed E-state index contributed by atoms with van der Waals surface area (Å²) < 4.78 is 34.3. The maximum absolute atomic E-state index is 12.7. The maximum Gasteiger partial charge on any atom is 0.260 e. The molecule has 0 unspecified atom stereocenters. The molecule has 0 saturated carbocycles. The Morgan fingerprint density at radius 3 is 2.65 bits per heavy atom. The number of hydrogen-bond donors (Lipinski definition) is 0. The van der Waals surface area contributed by atoms with Crippen LogP contribution in [0.2, 0.25) is 0 Å². The monoisotopic (exact) mass is 380 g/mol. The third kappa shape index (κ3) is 5.11. The van der Waals surface area contributed by atoms with Crippen molar-refractivity contribution in [3.63, 3.8) is 0 Å². The molecule has 1 saturated heterocycles. The van der Waals surface area contributed by atoms with Crippen LogP contribution in [0.15, 0.2) is 18.2 Å². The normalized spacial score (nSPS) is 18.3. The molecule has 0 aromatic heterocycles. The molecule has 1 aliphatic heterocycles. The number of ether oxygens (including phenoxy) is 2. The van der Waals surface area contributed by atoms with Crippen molar-refractivity contribution in [1.82, 2.24) is 4.90 Å². The van der Waals surface area contributed by atoms with E-state index in [-0.39, 0.29) is 36.0 Å². The van der Waals surface area contributed by atoms with Crippen LogP contribution in [-0.2, 0) is 14.6 Å². The molecule has 0 radical (unpaired) electrons. The highest BCUT2D eigenvalue weighted by molar-refractivity contribution is 7.91. The topological polar surface area (TPSA) is 96.7 Å². The van der Waals surface area contributed by atoms with Crippen molar-refractivity contribution in [3.05, 3.63) is 23.8 Å². The Hall–Kier alpha value is -2.27. The fourth-order valence-corrected chi connectivity index (χ4v) is 4.68. The quantitative estimate of drug-likeness (QED) is 0.713. The molecule has 7 nitrogen and oxygen atoms in total. The summed E-state index contributed by atoms with van der Waals surface area (Å²) >= 11 is 0. The van der Waals surface area contributed by atoms with Gasteiger partial charge < -0.3 is 14.4 Å². The molecule has 1 atom stereocenters. The van der Waals surface area contributed by atoms with Gasteiger partial charge in [0, 0.05) is 18.7 Å². The summed E-state index contributed by atoms with van der Waals surface area (Å²) in [5.74, 6) is 0.813. The van der Waals surface area contributed by atoms with Crippen LogP contribution < -0.4 is 9.47 Å². The predicted molar refractivity (Wildman–Crippen MR) is 96.8 cm³/mol. The summed E-state index contributed by atoms with van der Waals surface area (Å²) in [4.78, 5) is 14.3. The number of rotatable bonds is 7. The van der Waals surface area contributed by atoms with Crippen molar-refractivity contribution in [2.45, 2.75) is 26.3 Å². The number of methoxy groups -OCH3 is 1. The van der Waals surface area contributed by atoms with Crippen LogP contribution in [-0.4, -0.2) is 57.0 Å². The van der Waals surface area contributed by atoms with Crippen molar-refractivity contribution < 1.29 is 22.7 Å². The summed E-state index contributed by atoms with van der Waals surface area (Å²) in [5.41, 5.74) is 0.429. The Kier molecular flexibility index (Phi) is 6.48. The first-order valence-electron chi connectivity index (χ1n) is 8.46. The highest BCUT2D eigenvalue weighted by Gasteiger charge is 2.35. The second kappa shape index (κ2) is 8.41. The predicted octanol–water partition coefficient (Wildman–Crippen LogP) is 1.62. The van der Waals surface area contributed by atoms with Crippen molar-refractivity contribution in [2.24, 2.45) is 5.92 Å².